The van der Waals surface area contributed by atoms with E-state index in [1.54, 1.807) is 18.2 Å². The number of halogens is 2. The van der Waals surface area contributed by atoms with E-state index in [1.807, 2.05) is 25.1 Å². The molecule has 9 heteroatoms. The van der Waals surface area contributed by atoms with Gasteiger partial charge in [0.15, 0.2) is 4.34 Å². The molecule has 1 amide bonds. The van der Waals surface area contributed by atoms with Gasteiger partial charge in [-0.15, -0.1) is 10.2 Å². The number of nitrogens with one attached hydrogen (secondary N) is 2. The molecule has 0 unspecified atom stereocenters. The summed E-state index contributed by atoms with van der Waals surface area (Å²) in [4.78, 5) is 12.1. The number of hydrogen-bond acceptors (Lipinski definition) is 6. The van der Waals surface area contributed by atoms with Crippen LogP contribution in [0, 0.1) is 12.7 Å². The number of para-hydroxylation sites is 1. The third kappa shape index (κ3) is 5.03. The van der Waals surface area contributed by atoms with E-state index in [2.05, 4.69) is 36.8 Å². The zero-order valence-electron chi connectivity index (χ0n) is 13.6. The van der Waals surface area contributed by atoms with Crippen molar-refractivity contribution in [3.8, 4) is 0 Å². The van der Waals surface area contributed by atoms with Crippen molar-refractivity contribution in [1.82, 2.24) is 10.2 Å². The van der Waals surface area contributed by atoms with E-state index in [1.165, 1.54) is 29.2 Å². The molecule has 0 atom stereocenters. The van der Waals surface area contributed by atoms with E-state index >= 15 is 0 Å². The summed E-state index contributed by atoms with van der Waals surface area (Å²) in [7, 11) is 0. The molecule has 0 radical (unpaired) electrons. The van der Waals surface area contributed by atoms with Crippen molar-refractivity contribution in [1.29, 1.82) is 0 Å². The highest BCUT2D eigenvalue weighted by Crippen LogP contribution is 2.28. The summed E-state index contributed by atoms with van der Waals surface area (Å²) in [5.74, 6) is -0.274. The standard InChI is InChI=1S/C17H14BrFN4OS2/c1-10-8-11(18)6-7-13(10)20-15(24)9-25-17-23-22-16(26-17)21-14-5-3-2-4-12(14)19/h2-8H,9H2,1H3,(H,20,24)(H,21,22). The number of aryl methyl sites for hydroxylation is 1. The van der Waals surface area contributed by atoms with Gasteiger partial charge in [0.25, 0.3) is 0 Å². The molecule has 3 rings (SSSR count). The topological polar surface area (TPSA) is 66.9 Å². The Kier molecular flexibility index (Phi) is 6.23. The Morgan fingerprint density at radius 1 is 1.23 bits per heavy atom. The summed E-state index contributed by atoms with van der Waals surface area (Å²) in [5.41, 5.74) is 2.09. The fourth-order valence-corrected chi connectivity index (χ4v) is 4.12. The number of carbonyl (C=O) groups is 1. The van der Waals surface area contributed by atoms with Gasteiger partial charge in [0.1, 0.15) is 5.82 Å². The molecule has 3 aromatic rings. The molecular formula is C17H14BrFN4OS2. The van der Waals surface area contributed by atoms with Crippen LogP contribution in [0.25, 0.3) is 0 Å². The molecule has 0 aliphatic heterocycles. The molecule has 0 bridgehead atoms. The lowest BCUT2D eigenvalue weighted by atomic mass is 10.2. The van der Waals surface area contributed by atoms with Gasteiger partial charge in [-0.1, -0.05) is 51.2 Å². The molecule has 1 heterocycles. The Labute approximate surface area is 166 Å². The summed E-state index contributed by atoms with van der Waals surface area (Å²) >= 11 is 5.94. The summed E-state index contributed by atoms with van der Waals surface area (Å²) in [6, 6.07) is 12.0. The van der Waals surface area contributed by atoms with Crippen molar-refractivity contribution in [2.24, 2.45) is 0 Å². The Bertz CT molecular complexity index is 935. The molecule has 0 saturated heterocycles. The maximum Gasteiger partial charge on any atom is 0.234 e. The van der Waals surface area contributed by atoms with Crippen LogP contribution in [-0.4, -0.2) is 21.9 Å². The molecule has 0 spiro atoms. The number of aromatic nitrogens is 2. The van der Waals surface area contributed by atoms with Crippen molar-refractivity contribution in [2.45, 2.75) is 11.3 Å². The molecule has 2 N–H and O–H groups in total. The Balaban J connectivity index is 1.54. The number of thioether (sulfide) groups is 1. The smallest absolute Gasteiger partial charge is 0.234 e. The second kappa shape index (κ2) is 8.61. The van der Waals surface area contributed by atoms with Gasteiger partial charge in [-0.3, -0.25) is 4.79 Å². The second-order valence-electron chi connectivity index (χ2n) is 5.27. The lowest BCUT2D eigenvalue weighted by molar-refractivity contribution is -0.113. The fourth-order valence-electron chi connectivity index (χ4n) is 2.08. The predicted octanol–water partition coefficient (Wildman–Crippen LogP) is 5.22. The minimum Gasteiger partial charge on any atom is -0.328 e. The van der Waals surface area contributed by atoms with Crippen LogP contribution >= 0.6 is 39.0 Å². The van der Waals surface area contributed by atoms with Crippen LogP contribution in [0.2, 0.25) is 0 Å². The quantitative estimate of drug-likeness (QED) is 0.501. The molecule has 0 fully saturated rings. The van der Waals surface area contributed by atoms with Gasteiger partial charge in [0.05, 0.1) is 11.4 Å². The zero-order valence-corrected chi connectivity index (χ0v) is 16.8. The molecule has 0 aliphatic rings. The highest BCUT2D eigenvalue weighted by molar-refractivity contribution is 9.10. The largest absolute Gasteiger partial charge is 0.328 e. The molecule has 5 nitrogen and oxygen atoms in total. The van der Waals surface area contributed by atoms with Crippen LogP contribution in [-0.2, 0) is 4.79 Å². The number of nitrogens with zero attached hydrogens (tertiary/aromatic N) is 2. The van der Waals surface area contributed by atoms with E-state index in [-0.39, 0.29) is 17.5 Å². The van der Waals surface area contributed by atoms with Gasteiger partial charge < -0.3 is 10.6 Å². The Morgan fingerprint density at radius 2 is 2.04 bits per heavy atom. The SMILES string of the molecule is Cc1cc(Br)ccc1NC(=O)CSc1nnc(Nc2ccccc2F)s1. The van der Waals surface area contributed by atoms with Gasteiger partial charge in [0.2, 0.25) is 11.0 Å². The van der Waals surface area contributed by atoms with Crippen LogP contribution < -0.4 is 10.6 Å². The predicted molar refractivity (Wildman–Crippen MR) is 108 cm³/mol. The average molecular weight is 453 g/mol. The van der Waals surface area contributed by atoms with Crippen LogP contribution in [0.15, 0.2) is 51.3 Å². The van der Waals surface area contributed by atoms with Crippen molar-refractivity contribution >= 4 is 61.4 Å². The summed E-state index contributed by atoms with van der Waals surface area (Å²) in [5, 5.41) is 14.2. The summed E-state index contributed by atoms with van der Waals surface area (Å²) in [6.45, 7) is 1.93. The molecule has 2 aromatic carbocycles. The van der Waals surface area contributed by atoms with E-state index in [0.29, 0.717) is 15.2 Å². The van der Waals surface area contributed by atoms with E-state index in [0.717, 1.165) is 15.7 Å². The first-order valence-corrected chi connectivity index (χ1v) is 10.1. The third-order valence-corrected chi connectivity index (χ3v) is 5.78. The van der Waals surface area contributed by atoms with Crippen LogP contribution in [0.3, 0.4) is 0 Å². The molecule has 0 aliphatic carbocycles. The van der Waals surface area contributed by atoms with Crippen LogP contribution in [0.4, 0.5) is 20.9 Å². The maximum absolute atomic E-state index is 13.6. The molecule has 1 aromatic heterocycles. The Morgan fingerprint density at radius 3 is 2.81 bits per heavy atom. The normalized spacial score (nSPS) is 10.6. The van der Waals surface area contributed by atoms with Crippen molar-refractivity contribution in [3.05, 3.63) is 58.3 Å². The first-order valence-electron chi connectivity index (χ1n) is 7.55. The van der Waals surface area contributed by atoms with E-state index in [9.17, 15) is 9.18 Å². The van der Waals surface area contributed by atoms with Crippen LogP contribution in [0.5, 0.6) is 0 Å². The molecule has 0 saturated carbocycles. The monoisotopic (exact) mass is 452 g/mol. The highest BCUT2D eigenvalue weighted by atomic mass is 79.9. The van der Waals surface area contributed by atoms with Crippen molar-refractivity contribution in [2.75, 3.05) is 16.4 Å². The van der Waals surface area contributed by atoms with E-state index in [4.69, 9.17) is 0 Å². The Hall–Kier alpha value is -1.97. The lowest BCUT2D eigenvalue weighted by Gasteiger charge is -2.07. The molecule has 26 heavy (non-hydrogen) atoms. The zero-order chi connectivity index (χ0) is 18.5. The number of carbonyl (C=O) groups excluding carboxylic acids is 1. The van der Waals surface area contributed by atoms with Crippen molar-refractivity contribution in [3.63, 3.8) is 0 Å². The minimum atomic E-state index is -0.360. The van der Waals surface area contributed by atoms with Gasteiger partial charge in [0, 0.05) is 10.2 Å². The lowest BCUT2D eigenvalue weighted by Crippen LogP contribution is -2.14. The minimum absolute atomic E-state index is 0.126. The van der Waals surface area contributed by atoms with Gasteiger partial charge in [-0.05, 0) is 42.8 Å². The average Bonchev–Trinajstić information content (AvgIpc) is 3.05. The van der Waals surface area contributed by atoms with Crippen molar-refractivity contribution < 1.29 is 9.18 Å². The number of benzene rings is 2. The third-order valence-electron chi connectivity index (χ3n) is 3.31. The molecular weight excluding hydrogens is 439 g/mol. The van der Waals surface area contributed by atoms with Gasteiger partial charge in [-0.2, -0.15) is 0 Å². The number of anilines is 3. The number of rotatable bonds is 6. The van der Waals surface area contributed by atoms with Crippen LogP contribution in [0.1, 0.15) is 5.56 Å². The summed E-state index contributed by atoms with van der Waals surface area (Å²) < 4.78 is 15.2. The second-order valence-corrected chi connectivity index (χ2v) is 8.39. The van der Waals surface area contributed by atoms with E-state index < -0.39 is 0 Å². The first-order chi connectivity index (χ1) is 12.5. The maximum atomic E-state index is 13.6. The van der Waals surface area contributed by atoms with Gasteiger partial charge >= 0.3 is 0 Å². The van der Waals surface area contributed by atoms with Gasteiger partial charge in [-0.25, -0.2) is 4.39 Å². The highest BCUT2D eigenvalue weighted by Gasteiger charge is 2.11. The first kappa shape index (κ1) is 18.8. The summed E-state index contributed by atoms with van der Waals surface area (Å²) in [6.07, 6.45) is 0. The molecule has 134 valence electrons. The fraction of sp³-hybridized carbons (Fsp3) is 0.118. The number of hydrogen-bond donors (Lipinski definition) is 2. The number of amides is 1.